The van der Waals surface area contributed by atoms with Crippen molar-refractivity contribution in [2.75, 3.05) is 0 Å². The number of aryl methyl sites for hydroxylation is 1. The maximum Gasteiger partial charge on any atom is 0.434 e. The molecule has 5 aromatic rings. The molecule has 0 saturated heterocycles. The molecule has 8 nitrogen and oxygen atoms in total. The summed E-state index contributed by atoms with van der Waals surface area (Å²) in [5, 5.41) is 10.9. The van der Waals surface area contributed by atoms with E-state index in [1.165, 1.54) is 0 Å². The second kappa shape index (κ2) is 10.4. The number of carbonyl (C=O) groups excluding carboxylic acids is 1. The smallest absolute Gasteiger partial charge is 0.349 e. The lowest BCUT2D eigenvalue weighted by Gasteiger charge is -2.29. The van der Waals surface area contributed by atoms with Crippen molar-refractivity contribution in [2.24, 2.45) is 5.92 Å². The number of halogens is 4. The zero-order valence-electron chi connectivity index (χ0n) is 22.0. The van der Waals surface area contributed by atoms with Crippen molar-refractivity contribution in [1.29, 1.82) is 0 Å². The van der Waals surface area contributed by atoms with Crippen LogP contribution in [-0.2, 0) is 12.7 Å². The van der Waals surface area contributed by atoms with Crippen LogP contribution in [0.1, 0.15) is 47.4 Å². The Morgan fingerprint density at radius 2 is 1.83 bits per heavy atom. The summed E-state index contributed by atoms with van der Waals surface area (Å²) in [6.07, 6.45) is -1.33. The predicted octanol–water partition coefficient (Wildman–Crippen LogP) is 6.03. The van der Waals surface area contributed by atoms with Crippen LogP contribution in [0.4, 0.5) is 13.2 Å². The van der Waals surface area contributed by atoms with Gasteiger partial charge in [0.15, 0.2) is 5.69 Å². The molecule has 12 heteroatoms. The van der Waals surface area contributed by atoms with Gasteiger partial charge in [0.2, 0.25) is 0 Å². The molecule has 0 aliphatic heterocycles. The summed E-state index contributed by atoms with van der Waals surface area (Å²) in [5.74, 6) is -0.683. The van der Waals surface area contributed by atoms with Gasteiger partial charge in [0.05, 0.1) is 38.5 Å². The minimum Gasteiger partial charge on any atom is -0.349 e. The highest BCUT2D eigenvalue weighted by Crippen LogP contribution is 2.32. The molecule has 1 aliphatic rings. The van der Waals surface area contributed by atoms with E-state index in [1.807, 2.05) is 49.4 Å². The van der Waals surface area contributed by atoms with E-state index in [-0.39, 0.29) is 22.7 Å². The van der Waals surface area contributed by atoms with Gasteiger partial charge in [0, 0.05) is 24.2 Å². The number of para-hydroxylation sites is 2. The molecule has 1 fully saturated rings. The number of carbonyl (C=O) groups is 1. The minimum absolute atomic E-state index is 0.0451. The van der Waals surface area contributed by atoms with Gasteiger partial charge in [-0.3, -0.25) is 19.0 Å². The van der Waals surface area contributed by atoms with E-state index < -0.39 is 23.3 Å². The Labute approximate surface area is 237 Å². The van der Waals surface area contributed by atoms with Crippen molar-refractivity contribution in [3.05, 3.63) is 87.2 Å². The number of benzene rings is 2. The molecule has 1 aliphatic carbocycles. The number of nitrogens with zero attached hydrogens (tertiary/aromatic N) is 4. The van der Waals surface area contributed by atoms with E-state index in [9.17, 15) is 22.8 Å². The topological polar surface area (TPSA) is 97.6 Å². The van der Waals surface area contributed by atoms with Crippen molar-refractivity contribution >= 4 is 39.4 Å². The molecule has 0 radical (unpaired) electrons. The van der Waals surface area contributed by atoms with Gasteiger partial charge in [-0.15, -0.1) is 0 Å². The summed E-state index contributed by atoms with van der Waals surface area (Å²) in [4.78, 5) is 29.9. The van der Waals surface area contributed by atoms with E-state index >= 15 is 0 Å². The number of amides is 1. The van der Waals surface area contributed by atoms with Crippen molar-refractivity contribution in [2.45, 2.75) is 51.4 Å². The lowest BCUT2D eigenvalue weighted by molar-refractivity contribution is -0.141. The zero-order chi connectivity index (χ0) is 28.9. The largest absolute Gasteiger partial charge is 0.434 e. The molecule has 41 heavy (non-hydrogen) atoms. The Kier molecular flexibility index (Phi) is 6.85. The van der Waals surface area contributed by atoms with Crippen LogP contribution in [0.5, 0.6) is 0 Å². The Morgan fingerprint density at radius 3 is 2.56 bits per heavy atom. The summed E-state index contributed by atoms with van der Waals surface area (Å²) >= 11 is 5.83. The van der Waals surface area contributed by atoms with Crippen molar-refractivity contribution in [3.63, 3.8) is 0 Å². The fraction of sp³-hybridized carbons (Fsp3) is 0.310. The predicted molar refractivity (Wildman–Crippen MR) is 149 cm³/mol. The SMILES string of the molecule is Cc1n[nH]c2ccc(-n3c(=O)n(CC4CCC(NC(=O)c5cc(Cl)cnc5C(F)(F)F)CC4)c4ccccc43)cc12. The zero-order valence-corrected chi connectivity index (χ0v) is 22.8. The lowest BCUT2D eigenvalue weighted by atomic mass is 9.85. The number of aromatic amines is 1. The number of imidazole rings is 1. The number of aromatic nitrogens is 5. The quantitative estimate of drug-likeness (QED) is 0.264. The summed E-state index contributed by atoms with van der Waals surface area (Å²) in [6, 6.07) is 14.1. The highest BCUT2D eigenvalue weighted by atomic mass is 35.5. The molecule has 2 aromatic carbocycles. The third-order valence-corrected chi connectivity index (χ3v) is 8.03. The van der Waals surface area contributed by atoms with Crippen LogP contribution in [0, 0.1) is 12.8 Å². The molecule has 3 heterocycles. The van der Waals surface area contributed by atoms with E-state index in [2.05, 4.69) is 20.5 Å². The van der Waals surface area contributed by atoms with Crippen LogP contribution in [0.15, 0.2) is 59.5 Å². The summed E-state index contributed by atoms with van der Waals surface area (Å²) in [5.41, 5.74) is 2.13. The first-order chi connectivity index (χ1) is 19.6. The van der Waals surface area contributed by atoms with Crippen LogP contribution in [0.25, 0.3) is 27.6 Å². The second-order valence-electron chi connectivity index (χ2n) is 10.5. The first-order valence-corrected chi connectivity index (χ1v) is 13.7. The molecule has 0 bridgehead atoms. The molecule has 3 aromatic heterocycles. The maximum absolute atomic E-state index is 13.8. The first-order valence-electron chi connectivity index (χ1n) is 13.3. The summed E-state index contributed by atoms with van der Waals surface area (Å²) in [7, 11) is 0. The Morgan fingerprint density at radius 1 is 1.10 bits per heavy atom. The average molecular weight is 583 g/mol. The number of hydrogen-bond donors (Lipinski definition) is 2. The van der Waals surface area contributed by atoms with Gasteiger partial charge < -0.3 is 5.32 Å². The van der Waals surface area contributed by atoms with Gasteiger partial charge in [0.25, 0.3) is 5.91 Å². The van der Waals surface area contributed by atoms with Crippen LogP contribution in [0.3, 0.4) is 0 Å². The fourth-order valence-electron chi connectivity index (χ4n) is 5.76. The Hall–Kier alpha value is -4.12. The van der Waals surface area contributed by atoms with Gasteiger partial charge in [-0.25, -0.2) is 9.78 Å². The molecular formula is C29H26ClF3N6O2. The molecule has 0 atom stereocenters. The summed E-state index contributed by atoms with van der Waals surface area (Å²) in [6.45, 7) is 2.41. The van der Waals surface area contributed by atoms with Crippen molar-refractivity contribution in [3.8, 4) is 5.69 Å². The number of rotatable bonds is 5. The molecule has 1 saturated carbocycles. The molecule has 212 valence electrons. The average Bonchev–Trinajstić information content (AvgIpc) is 3.45. The van der Waals surface area contributed by atoms with Gasteiger partial charge in [0.1, 0.15) is 0 Å². The lowest BCUT2D eigenvalue weighted by Crippen LogP contribution is -2.39. The van der Waals surface area contributed by atoms with E-state index in [1.54, 1.807) is 9.13 Å². The Balaban J connectivity index is 1.19. The molecular weight excluding hydrogens is 557 g/mol. The monoisotopic (exact) mass is 582 g/mol. The van der Waals surface area contributed by atoms with Crippen LogP contribution >= 0.6 is 11.6 Å². The molecule has 1 amide bonds. The van der Waals surface area contributed by atoms with E-state index in [0.717, 1.165) is 45.6 Å². The minimum atomic E-state index is -4.77. The van der Waals surface area contributed by atoms with Crippen LogP contribution in [-0.4, -0.2) is 36.3 Å². The van der Waals surface area contributed by atoms with E-state index in [0.29, 0.717) is 32.2 Å². The number of nitrogens with one attached hydrogen (secondary N) is 2. The number of hydrogen-bond acceptors (Lipinski definition) is 4. The maximum atomic E-state index is 13.8. The molecule has 0 unspecified atom stereocenters. The molecule has 0 spiro atoms. The van der Waals surface area contributed by atoms with Crippen LogP contribution < -0.4 is 11.0 Å². The standard InChI is InChI=1S/C29H26ClF3N6O2/c1-16-21-13-20(10-11-23(21)37-36-16)39-25-5-3-2-4-24(25)38(28(39)41)15-17-6-8-19(9-7-17)35-27(40)22-12-18(30)14-34-26(22)29(31,32)33/h2-5,10-14,17,19H,6-9,15H2,1H3,(H,35,40)(H,36,37). The number of pyridine rings is 1. The highest BCUT2D eigenvalue weighted by Gasteiger charge is 2.38. The third kappa shape index (κ3) is 5.10. The second-order valence-corrected chi connectivity index (χ2v) is 10.9. The normalized spacial score (nSPS) is 17.8. The summed E-state index contributed by atoms with van der Waals surface area (Å²) < 4.78 is 43.7. The van der Waals surface area contributed by atoms with Crippen molar-refractivity contribution in [1.82, 2.24) is 29.6 Å². The molecule has 2 N–H and O–H groups in total. The fourth-order valence-corrected chi connectivity index (χ4v) is 5.91. The Bertz CT molecular complexity index is 1830. The third-order valence-electron chi connectivity index (χ3n) is 7.82. The van der Waals surface area contributed by atoms with Crippen LogP contribution in [0.2, 0.25) is 5.02 Å². The van der Waals surface area contributed by atoms with Gasteiger partial charge >= 0.3 is 11.9 Å². The van der Waals surface area contributed by atoms with Gasteiger partial charge in [-0.05, 0) is 74.9 Å². The number of alkyl halides is 3. The van der Waals surface area contributed by atoms with Crippen molar-refractivity contribution < 1.29 is 18.0 Å². The number of fused-ring (bicyclic) bond motifs is 2. The van der Waals surface area contributed by atoms with Gasteiger partial charge in [-0.2, -0.15) is 18.3 Å². The first kappa shape index (κ1) is 27.1. The van der Waals surface area contributed by atoms with E-state index in [4.69, 9.17) is 11.6 Å². The molecule has 6 rings (SSSR count). The highest BCUT2D eigenvalue weighted by molar-refractivity contribution is 6.30. The van der Waals surface area contributed by atoms with Gasteiger partial charge in [-0.1, -0.05) is 23.7 Å². The number of H-pyrrole nitrogens is 1.